The van der Waals surface area contributed by atoms with Gasteiger partial charge in [-0.3, -0.25) is 4.79 Å². The van der Waals surface area contributed by atoms with Crippen LogP contribution in [0.5, 0.6) is 11.5 Å². The fourth-order valence-corrected chi connectivity index (χ4v) is 3.21. The van der Waals surface area contributed by atoms with Gasteiger partial charge in [-0.05, 0) is 49.1 Å². The third kappa shape index (κ3) is 6.30. The summed E-state index contributed by atoms with van der Waals surface area (Å²) in [6.45, 7) is 3.37. The number of aromatic nitrogens is 3. The molecule has 3 rings (SSSR count). The Balaban J connectivity index is 1.68. The van der Waals surface area contributed by atoms with Gasteiger partial charge in [0.2, 0.25) is 0 Å². The Morgan fingerprint density at radius 3 is 2.58 bits per heavy atom. The molecule has 0 fully saturated rings. The second-order valence-electron chi connectivity index (χ2n) is 7.31. The van der Waals surface area contributed by atoms with Crippen LogP contribution in [0.25, 0.3) is 5.82 Å². The minimum Gasteiger partial charge on any atom is -0.487 e. The lowest BCUT2D eigenvalue weighted by Gasteiger charge is -2.11. The summed E-state index contributed by atoms with van der Waals surface area (Å²) in [4.78, 5) is 15.1. The first kappa shape index (κ1) is 24.2. The Labute approximate surface area is 188 Å². The number of para-hydroxylation sites is 1. The van der Waals surface area contributed by atoms with E-state index >= 15 is 0 Å². The van der Waals surface area contributed by atoms with Gasteiger partial charge in [-0.25, -0.2) is 14.1 Å². The molecule has 33 heavy (non-hydrogen) atoms. The first-order chi connectivity index (χ1) is 15.7. The van der Waals surface area contributed by atoms with Crippen molar-refractivity contribution in [2.75, 3.05) is 6.61 Å². The van der Waals surface area contributed by atoms with Crippen LogP contribution in [0.3, 0.4) is 0 Å². The van der Waals surface area contributed by atoms with E-state index in [-0.39, 0.29) is 23.9 Å². The van der Waals surface area contributed by atoms with Crippen LogP contribution in [0, 0.1) is 5.82 Å². The van der Waals surface area contributed by atoms with Crippen LogP contribution < -0.4 is 9.47 Å². The summed E-state index contributed by atoms with van der Waals surface area (Å²) in [7, 11) is 0. The van der Waals surface area contributed by atoms with Crippen molar-refractivity contribution < 1.29 is 31.8 Å². The van der Waals surface area contributed by atoms with E-state index < -0.39 is 23.5 Å². The normalized spacial score (nSPS) is 11.5. The number of nitrogens with zero attached hydrogens (tertiary/aromatic N) is 3. The smallest absolute Gasteiger partial charge is 0.417 e. The molecule has 2 heterocycles. The van der Waals surface area contributed by atoms with E-state index in [1.165, 1.54) is 35.9 Å². The number of carbonyl (C=O) groups excluding carboxylic acids is 1. The molecule has 0 saturated carbocycles. The number of hydrogen-bond donors (Lipinski definition) is 0. The summed E-state index contributed by atoms with van der Waals surface area (Å²) < 4.78 is 64.4. The van der Waals surface area contributed by atoms with Crippen molar-refractivity contribution in [2.45, 2.75) is 45.7 Å². The highest BCUT2D eigenvalue weighted by Crippen LogP contribution is 2.31. The van der Waals surface area contributed by atoms with E-state index in [0.29, 0.717) is 19.3 Å². The summed E-state index contributed by atoms with van der Waals surface area (Å²) in [5.41, 5.74) is 0.882. The zero-order valence-electron chi connectivity index (χ0n) is 18.2. The number of carbonyl (C=O) groups is 1. The average Bonchev–Trinajstić information content (AvgIpc) is 3.15. The second-order valence-corrected chi connectivity index (χ2v) is 7.31. The van der Waals surface area contributed by atoms with E-state index in [1.54, 1.807) is 6.20 Å². The van der Waals surface area contributed by atoms with Crippen molar-refractivity contribution >= 4 is 5.97 Å². The molecule has 0 amide bonds. The molecule has 0 unspecified atom stereocenters. The molecule has 3 aromatic rings. The quantitative estimate of drug-likeness (QED) is 0.185. The molecule has 0 aliphatic rings. The molecule has 176 valence electrons. The fourth-order valence-electron chi connectivity index (χ4n) is 3.21. The molecule has 0 spiro atoms. The van der Waals surface area contributed by atoms with E-state index in [1.807, 2.05) is 6.92 Å². The highest BCUT2D eigenvalue weighted by atomic mass is 19.4. The molecular weight excluding hydrogens is 442 g/mol. The number of aryl methyl sites for hydroxylation is 2. The Morgan fingerprint density at radius 2 is 1.94 bits per heavy atom. The Kier molecular flexibility index (Phi) is 7.67. The number of rotatable bonds is 9. The number of hydrogen-bond acceptors (Lipinski definition) is 5. The Morgan fingerprint density at radius 1 is 1.15 bits per heavy atom. The van der Waals surface area contributed by atoms with Gasteiger partial charge in [0.25, 0.3) is 0 Å². The zero-order valence-corrected chi connectivity index (χ0v) is 18.2. The third-order valence-electron chi connectivity index (χ3n) is 4.70. The van der Waals surface area contributed by atoms with Gasteiger partial charge in [0.15, 0.2) is 23.1 Å². The Hall–Kier alpha value is -3.43. The zero-order chi connectivity index (χ0) is 24.0. The van der Waals surface area contributed by atoms with Gasteiger partial charge in [0.05, 0.1) is 17.9 Å². The molecule has 0 aliphatic heterocycles. The predicted molar refractivity (Wildman–Crippen MR) is 112 cm³/mol. The summed E-state index contributed by atoms with van der Waals surface area (Å²) in [6.07, 6.45) is 0.633. The maximum absolute atomic E-state index is 14.1. The highest BCUT2D eigenvalue weighted by molar-refractivity contribution is 5.70. The number of benzene rings is 1. The lowest BCUT2D eigenvalue weighted by Crippen LogP contribution is -2.07. The first-order valence-corrected chi connectivity index (χ1v) is 10.4. The van der Waals surface area contributed by atoms with Gasteiger partial charge >= 0.3 is 12.1 Å². The molecule has 10 heteroatoms. The minimum absolute atomic E-state index is 0.00960. The molecule has 6 nitrogen and oxygen atoms in total. The van der Waals surface area contributed by atoms with Crippen molar-refractivity contribution in [3.05, 3.63) is 65.4 Å². The SMILES string of the molecule is CCCc1nn(-c2ccc(C(F)(F)F)cn2)cc1CCCOc1c(F)cccc1OC(C)=O. The van der Waals surface area contributed by atoms with Crippen molar-refractivity contribution in [1.82, 2.24) is 14.8 Å². The molecule has 0 aliphatic carbocycles. The highest BCUT2D eigenvalue weighted by Gasteiger charge is 2.30. The second kappa shape index (κ2) is 10.5. The topological polar surface area (TPSA) is 66.2 Å². The maximum Gasteiger partial charge on any atom is 0.417 e. The summed E-state index contributed by atoms with van der Waals surface area (Å²) in [6, 6.07) is 6.31. The van der Waals surface area contributed by atoms with Gasteiger partial charge in [-0.1, -0.05) is 19.4 Å². The molecular formula is C23H23F4N3O3. The number of esters is 1. The largest absolute Gasteiger partial charge is 0.487 e. The van der Waals surface area contributed by atoms with Gasteiger partial charge in [-0.15, -0.1) is 0 Å². The van der Waals surface area contributed by atoms with E-state index in [2.05, 4.69) is 10.1 Å². The number of pyridine rings is 1. The number of alkyl halides is 3. The predicted octanol–water partition coefficient (Wildman–Crippen LogP) is 5.31. The van der Waals surface area contributed by atoms with Crippen LogP contribution >= 0.6 is 0 Å². The molecule has 0 N–H and O–H groups in total. The van der Waals surface area contributed by atoms with Gasteiger partial charge in [-0.2, -0.15) is 18.3 Å². The molecule has 0 saturated heterocycles. The van der Waals surface area contributed by atoms with Crippen LogP contribution in [0.15, 0.2) is 42.7 Å². The first-order valence-electron chi connectivity index (χ1n) is 10.4. The lowest BCUT2D eigenvalue weighted by atomic mass is 10.1. The van der Waals surface area contributed by atoms with E-state index in [4.69, 9.17) is 9.47 Å². The van der Waals surface area contributed by atoms with E-state index in [9.17, 15) is 22.4 Å². The van der Waals surface area contributed by atoms with Crippen molar-refractivity contribution in [2.24, 2.45) is 0 Å². The molecule has 0 bridgehead atoms. The van der Waals surface area contributed by atoms with Crippen LogP contribution in [-0.4, -0.2) is 27.3 Å². The van der Waals surface area contributed by atoms with Crippen molar-refractivity contribution in [3.63, 3.8) is 0 Å². The molecule has 0 radical (unpaired) electrons. The van der Waals surface area contributed by atoms with E-state index in [0.717, 1.165) is 29.9 Å². The van der Waals surface area contributed by atoms with Crippen molar-refractivity contribution in [1.29, 1.82) is 0 Å². The van der Waals surface area contributed by atoms with Crippen molar-refractivity contribution in [3.8, 4) is 17.3 Å². The maximum atomic E-state index is 14.1. The van der Waals surface area contributed by atoms with Crippen LogP contribution in [0.1, 0.15) is 43.5 Å². The summed E-state index contributed by atoms with van der Waals surface area (Å²) in [5.74, 6) is -1.07. The Bertz CT molecular complexity index is 1100. The van der Waals surface area contributed by atoms with Crippen LogP contribution in [0.2, 0.25) is 0 Å². The number of halogens is 4. The van der Waals surface area contributed by atoms with Gasteiger partial charge in [0.1, 0.15) is 0 Å². The minimum atomic E-state index is -4.46. The van der Waals surface area contributed by atoms with Gasteiger partial charge < -0.3 is 9.47 Å². The summed E-state index contributed by atoms with van der Waals surface area (Å²) in [5, 5.41) is 4.47. The number of ether oxygens (including phenoxy) is 2. The average molecular weight is 465 g/mol. The summed E-state index contributed by atoms with van der Waals surface area (Å²) >= 11 is 0. The standard InChI is InChI=1S/C23H23F4N3O3/c1-3-6-19-16(14-30(29-19)21-11-10-17(13-28-21)23(25,26)27)7-5-12-32-22-18(24)8-4-9-20(22)33-15(2)31/h4,8-11,13-14H,3,5-7,12H2,1-2H3. The van der Waals surface area contributed by atoms with Gasteiger partial charge in [0, 0.05) is 19.3 Å². The third-order valence-corrected chi connectivity index (χ3v) is 4.70. The fraction of sp³-hybridized carbons (Fsp3) is 0.348. The molecule has 2 aromatic heterocycles. The van der Waals surface area contributed by atoms with Crippen LogP contribution in [0.4, 0.5) is 17.6 Å². The molecule has 0 atom stereocenters. The van der Waals surface area contributed by atoms with Crippen LogP contribution in [-0.2, 0) is 23.8 Å². The lowest BCUT2D eigenvalue weighted by molar-refractivity contribution is -0.138. The molecule has 1 aromatic carbocycles. The monoisotopic (exact) mass is 465 g/mol.